The molecule has 0 radical (unpaired) electrons. The fourth-order valence-corrected chi connectivity index (χ4v) is 6.15. The van der Waals surface area contributed by atoms with Gasteiger partial charge in [-0.2, -0.15) is 0 Å². The molecule has 0 atom stereocenters. The lowest BCUT2D eigenvalue weighted by Gasteiger charge is -2.44. The van der Waals surface area contributed by atoms with Gasteiger partial charge in [-0.25, -0.2) is 0 Å². The van der Waals surface area contributed by atoms with Crippen LogP contribution < -0.4 is 0 Å². The lowest BCUT2D eigenvalue weighted by Crippen LogP contribution is -2.65. The minimum atomic E-state index is -1.21. The van der Waals surface area contributed by atoms with Crippen LogP contribution in [0.15, 0.2) is 0 Å². The molecule has 112 valence electrons. The molecule has 0 aromatic heterocycles. The van der Waals surface area contributed by atoms with Crippen molar-refractivity contribution in [1.29, 1.82) is 0 Å². The first-order valence-corrected chi connectivity index (χ1v) is 9.10. The molecule has 0 aliphatic carbocycles. The third kappa shape index (κ3) is 5.34. The van der Waals surface area contributed by atoms with Gasteiger partial charge in [0, 0.05) is 6.54 Å². The van der Waals surface area contributed by atoms with E-state index in [9.17, 15) is 0 Å². The summed E-state index contributed by atoms with van der Waals surface area (Å²) in [5.74, 6) is 0. The van der Waals surface area contributed by atoms with E-state index in [2.05, 4.69) is 65.5 Å². The van der Waals surface area contributed by atoms with E-state index in [0.29, 0.717) is 0 Å². The molecule has 1 heterocycles. The molecule has 0 saturated carbocycles. The first kappa shape index (κ1) is 17.4. The Morgan fingerprint density at radius 1 is 0.947 bits per heavy atom. The Hall–Kier alpha value is 0.372. The smallest absolute Gasteiger partial charge is 0.362 e. The van der Waals surface area contributed by atoms with Crippen molar-refractivity contribution in [2.24, 2.45) is 0 Å². The van der Waals surface area contributed by atoms with Crippen molar-refractivity contribution in [2.75, 3.05) is 54.4 Å². The summed E-state index contributed by atoms with van der Waals surface area (Å²) < 4.78 is 7.62. The number of likely N-dealkylation sites (tertiary alicyclic amines) is 1. The highest BCUT2D eigenvalue weighted by atomic mass is 27.2. The Balaban J connectivity index is 2.69. The minimum absolute atomic E-state index is 0.241. The molecule has 4 nitrogen and oxygen atoms in total. The molecule has 1 rings (SSSR count). The Morgan fingerprint density at radius 3 is 1.79 bits per heavy atom. The van der Waals surface area contributed by atoms with Gasteiger partial charge in [-0.05, 0) is 87.0 Å². The van der Waals surface area contributed by atoms with E-state index >= 15 is 0 Å². The average molecular weight is 284 g/mol. The predicted molar refractivity (Wildman–Crippen MR) is 85.3 cm³/mol. The van der Waals surface area contributed by atoms with Crippen molar-refractivity contribution < 1.29 is 0 Å². The van der Waals surface area contributed by atoms with E-state index in [-0.39, 0.29) is 5.54 Å². The molecule has 1 aliphatic heterocycles. The highest BCUT2D eigenvalue weighted by Crippen LogP contribution is 2.18. The number of hydrogen-bond acceptors (Lipinski definition) is 4. The van der Waals surface area contributed by atoms with E-state index in [0.717, 1.165) is 0 Å². The van der Waals surface area contributed by atoms with Gasteiger partial charge < -0.3 is 16.6 Å². The van der Waals surface area contributed by atoms with E-state index < -0.39 is 14.8 Å². The zero-order valence-corrected chi connectivity index (χ0v) is 15.3. The van der Waals surface area contributed by atoms with Crippen molar-refractivity contribution in [2.45, 2.75) is 39.2 Å². The van der Waals surface area contributed by atoms with Gasteiger partial charge in [-0.3, -0.25) is 0 Å². The summed E-state index contributed by atoms with van der Waals surface area (Å²) in [5.41, 5.74) is 0.241. The summed E-state index contributed by atoms with van der Waals surface area (Å²) in [6.45, 7) is 12.1. The van der Waals surface area contributed by atoms with Crippen LogP contribution in [0.3, 0.4) is 0 Å². The van der Waals surface area contributed by atoms with Crippen LogP contribution in [0, 0.1) is 0 Å². The van der Waals surface area contributed by atoms with Gasteiger partial charge in [0.25, 0.3) is 0 Å². The van der Waals surface area contributed by atoms with Gasteiger partial charge in [-0.15, -0.1) is 0 Å². The Morgan fingerprint density at radius 2 is 1.42 bits per heavy atom. The summed E-state index contributed by atoms with van der Waals surface area (Å²) in [7, 11) is 8.91. The van der Waals surface area contributed by atoms with E-state index in [1.165, 1.54) is 39.0 Å². The fourth-order valence-electron chi connectivity index (χ4n) is 3.07. The van der Waals surface area contributed by atoms with E-state index in [1.807, 2.05) is 0 Å². The normalized spacial score (nSPS) is 18.0. The summed E-state index contributed by atoms with van der Waals surface area (Å²) in [5, 5.41) is 0. The number of hydrogen-bond donors (Lipinski definition) is 0. The molecule has 1 saturated heterocycles. The summed E-state index contributed by atoms with van der Waals surface area (Å²) >= 11 is -1.21. The van der Waals surface area contributed by atoms with Gasteiger partial charge >= 0.3 is 14.8 Å². The molecule has 0 N–H and O–H groups in total. The Kier molecular flexibility index (Phi) is 6.79. The maximum atomic E-state index is 2.74. The molecule has 0 bridgehead atoms. The SMILES string of the molecule is C[N](C)[Al]([N](C)C)[N](CCN1CCCC1)C(C)(C)C. The minimum Gasteiger partial charge on any atom is -0.362 e. The lowest BCUT2D eigenvalue weighted by atomic mass is 10.1. The topological polar surface area (TPSA) is 13.0 Å². The molecular weight excluding hydrogens is 251 g/mol. The maximum Gasteiger partial charge on any atom is 0.608 e. The van der Waals surface area contributed by atoms with E-state index in [4.69, 9.17) is 0 Å². The van der Waals surface area contributed by atoms with E-state index in [1.54, 1.807) is 0 Å². The Labute approximate surface area is 125 Å². The highest BCUT2D eigenvalue weighted by Gasteiger charge is 2.40. The second kappa shape index (κ2) is 7.40. The molecule has 0 unspecified atom stereocenters. The van der Waals surface area contributed by atoms with Crippen LogP contribution in [-0.4, -0.2) is 91.3 Å². The molecule has 1 fully saturated rings. The molecule has 5 heteroatoms. The average Bonchev–Trinajstić information content (AvgIpc) is 2.73. The molecule has 1 aliphatic rings. The summed E-state index contributed by atoms with van der Waals surface area (Å²) in [4.78, 5) is 2.62. The molecule has 0 aromatic carbocycles. The van der Waals surface area contributed by atoms with Crippen LogP contribution in [0.1, 0.15) is 33.6 Å². The van der Waals surface area contributed by atoms with Crippen molar-refractivity contribution in [1.82, 2.24) is 16.6 Å². The van der Waals surface area contributed by atoms with Crippen LogP contribution >= 0.6 is 0 Å². The van der Waals surface area contributed by atoms with Gasteiger partial charge in [-0.1, -0.05) is 0 Å². The molecule has 0 amide bonds. The van der Waals surface area contributed by atoms with Gasteiger partial charge in [0.1, 0.15) is 0 Å². The second-order valence-electron chi connectivity index (χ2n) is 7.19. The third-order valence-electron chi connectivity index (χ3n) is 3.92. The van der Waals surface area contributed by atoms with Crippen LogP contribution in [0.5, 0.6) is 0 Å². The predicted octanol–water partition coefficient (Wildman–Crippen LogP) is 1.29. The lowest BCUT2D eigenvalue weighted by molar-refractivity contribution is 0.183. The molecule has 19 heavy (non-hydrogen) atoms. The number of rotatable bonds is 6. The zero-order chi connectivity index (χ0) is 14.6. The quantitative estimate of drug-likeness (QED) is 0.681. The van der Waals surface area contributed by atoms with Crippen molar-refractivity contribution in [3.8, 4) is 0 Å². The standard InChI is InChI=1S/C10H21N2.2C2H6N.Al/c1-10(2,3)11-6-9-12-7-4-5-8-12;2*1-3-2;/h4-9H2,1-3H3;2*1-2H3;/q3*-1;+3. The van der Waals surface area contributed by atoms with Crippen molar-refractivity contribution in [3.63, 3.8) is 0 Å². The molecule has 0 aromatic rings. The largest absolute Gasteiger partial charge is 0.608 e. The molecule has 0 spiro atoms. The van der Waals surface area contributed by atoms with Gasteiger partial charge in [0.15, 0.2) is 0 Å². The van der Waals surface area contributed by atoms with Gasteiger partial charge in [0.05, 0.1) is 0 Å². The molecular formula is C14H33AlN4. The zero-order valence-electron chi connectivity index (χ0n) is 14.1. The second-order valence-corrected chi connectivity index (χ2v) is 10.6. The monoisotopic (exact) mass is 284 g/mol. The van der Waals surface area contributed by atoms with Crippen molar-refractivity contribution in [3.05, 3.63) is 0 Å². The Bertz CT molecular complexity index is 249. The van der Waals surface area contributed by atoms with Crippen LogP contribution in [0.4, 0.5) is 0 Å². The third-order valence-corrected chi connectivity index (χ3v) is 7.36. The number of nitrogens with zero attached hydrogens (tertiary/aromatic N) is 4. The first-order chi connectivity index (χ1) is 8.73. The fraction of sp³-hybridized carbons (Fsp3) is 1.00. The van der Waals surface area contributed by atoms with Gasteiger partial charge in [0.2, 0.25) is 0 Å². The summed E-state index contributed by atoms with van der Waals surface area (Å²) in [6, 6.07) is 0. The maximum absolute atomic E-state index is 2.74. The highest BCUT2D eigenvalue weighted by molar-refractivity contribution is 6.49. The van der Waals surface area contributed by atoms with Crippen LogP contribution in [0.2, 0.25) is 0 Å². The first-order valence-electron chi connectivity index (χ1n) is 7.55. The summed E-state index contributed by atoms with van der Waals surface area (Å²) in [6.07, 6.45) is 2.77. The van der Waals surface area contributed by atoms with Crippen LogP contribution in [0.25, 0.3) is 0 Å². The van der Waals surface area contributed by atoms with Crippen molar-refractivity contribution >= 4 is 14.8 Å². The van der Waals surface area contributed by atoms with Crippen LogP contribution in [-0.2, 0) is 0 Å².